The third-order valence-corrected chi connectivity index (χ3v) is 3.72. The van der Waals surface area contributed by atoms with E-state index in [0.29, 0.717) is 12.5 Å². The molecule has 1 fully saturated rings. The van der Waals surface area contributed by atoms with Gasteiger partial charge in [0.2, 0.25) is 0 Å². The average Bonchev–Trinajstić information content (AvgIpc) is 3.22. The molecule has 0 aromatic rings. The van der Waals surface area contributed by atoms with E-state index < -0.39 is 5.54 Å². The predicted octanol–water partition coefficient (Wildman–Crippen LogP) is 0.886. The van der Waals surface area contributed by atoms with Crippen molar-refractivity contribution < 1.29 is 14.3 Å². The van der Waals surface area contributed by atoms with Crippen LogP contribution in [0.25, 0.3) is 0 Å². The van der Waals surface area contributed by atoms with Crippen LogP contribution < -0.4 is 5.32 Å². The molecule has 0 aliphatic heterocycles. The summed E-state index contributed by atoms with van der Waals surface area (Å²) in [6.07, 6.45) is 3.18. The molecule has 0 spiro atoms. The van der Waals surface area contributed by atoms with Crippen LogP contribution in [0.4, 0.5) is 0 Å². The minimum Gasteiger partial charge on any atom is -0.468 e. The lowest BCUT2D eigenvalue weighted by Crippen LogP contribution is -2.60. The van der Waals surface area contributed by atoms with Gasteiger partial charge < -0.3 is 19.7 Å². The molecule has 0 aromatic heterocycles. The van der Waals surface area contributed by atoms with Gasteiger partial charge in [0.05, 0.1) is 7.11 Å². The van der Waals surface area contributed by atoms with Crippen molar-refractivity contribution in [1.29, 1.82) is 0 Å². The topological polar surface area (TPSA) is 50.8 Å². The van der Waals surface area contributed by atoms with E-state index in [-0.39, 0.29) is 5.97 Å². The summed E-state index contributed by atoms with van der Waals surface area (Å²) >= 11 is 0. The molecule has 1 aliphatic carbocycles. The van der Waals surface area contributed by atoms with E-state index in [2.05, 4.69) is 10.2 Å². The number of methoxy groups -OCH3 is 2. The highest BCUT2D eigenvalue weighted by Crippen LogP contribution is 2.40. The van der Waals surface area contributed by atoms with Crippen molar-refractivity contribution in [2.75, 3.05) is 47.5 Å². The molecule has 0 aromatic carbocycles. The number of hydrogen-bond donors (Lipinski definition) is 1. The lowest BCUT2D eigenvalue weighted by molar-refractivity contribution is -0.150. The number of carbonyl (C=O) groups is 1. The first-order valence-corrected chi connectivity index (χ1v) is 7.11. The Kier molecular flexibility index (Phi) is 6.75. The van der Waals surface area contributed by atoms with Crippen molar-refractivity contribution in [3.05, 3.63) is 0 Å². The van der Waals surface area contributed by atoms with Gasteiger partial charge in [-0.25, -0.2) is 4.79 Å². The van der Waals surface area contributed by atoms with Gasteiger partial charge >= 0.3 is 5.97 Å². The summed E-state index contributed by atoms with van der Waals surface area (Å²) in [5, 5.41) is 3.38. The summed E-state index contributed by atoms with van der Waals surface area (Å²) in [6.45, 7) is 5.18. The molecule has 5 heteroatoms. The summed E-state index contributed by atoms with van der Waals surface area (Å²) in [5.41, 5.74) is -0.536. The van der Waals surface area contributed by atoms with E-state index in [1.165, 1.54) is 7.11 Å². The third kappa shape index (κ3) is 4.44. The van der Waals surface area contributed by atoms with Gasteiger partial charge in [-0.05, 0) is 38.8 Å². The van der Waals surface area contributed by atoms with Crippen LogP contribution in [0.5, 0.6) is 0 Å². The molecule has 1 rings (SSSR count). The minimum atomic E-state index is -0.536. The van der Waals surface area contributed by atoms with Gasteiger partial charge in [0.25, 0.3) is 0 Å². The first kappa shape index (κ1) is 16.4. The average molecular weight is 272 g/mol. The van der Waals surface area contributed by atoms with Gasteiger partial charge in [0.15, 0.2) is 0 Å². The van der Waals surface area contributed by atoms with Crippen molar-refractivity contribution >= 4 is 5.97 Å². The molecule has 0 bridgehead atoms. The summed E-state index contributed by atoms with van der Waals surface area (Å²) < 4.78 is 10.1. The molecule has 0 heterocycles. The highest BCUT2D eigenvalue weighted by molar-refractivity contribution is 5.82. The van der Waals surface area contributed by atoms with Gasteiger partial charge in [-0.2, -0.15) is 0 Å². The van der Waals surface area contributed by atoms with Crippen LogP contribution in [-0.4, -0.2) is 63.9 Å². The number of likely N-dealkylation sites (N-methyl/N-ethyl adjacent to an activating group) is 2. The van der Waals surface area contributed by atoms with E-state index >= 15 is 0 Å². The largest absolute Gasteiger partial charge is 0.468 e. The maximum absolute atomic E-state index is 12.2. The normalized spacial score (nSPS) is 18.4. The molecule has 0 radical (unpaired) electrons. The highest BCUT2D eigenvalue weighted by Gasteiger charge is 2.51. The second-order valence-corrected chi connectivity index (χ2v) is 5.35. The number of esters is 1. The molecule has 1 saturated carbocycles. The zero-order valence-electron chi connectivity index (χ0n) is 12.7. The SMILES string of the molecule is CCNC(CN(C)CCCOC)(C(=O)OC)C1CC1. The van der Waals surface area contributed by atoms with E-state index in [1.807, 2.05) is 14.0 Å². The Hall–Kier alpha value is -0.650. The van der Waals surface area contributed by atoms with Gasteiger partial charge in [-0.3, -0.25) is 0 Å². The Labute approximate surface area is 116 Å². The molecule has 112 valence electrons. The van der Waals surface area contributed by atoms with Crippen molar-refractivity contribution in [2.45, 2.75) is 31.7 Å². The lowest BCUT2D eigenvalue weighted by Gasteiger charge is -2.35. The second kappa shape index (κ2) is 7.82. The van der Waals surface area contributed by atoms with Crippen LogP contribution in [0.15, 0.2) is 0 Å². The number of hydrogen-bond acceptors (Lipinski definition) is 5. The van der Waals surface area contributed by atoms with Crippen molar-refractivity contribution in [3.8, 4) is 0 Å². The van der Waals surface area contributed by atoms with Crippen LogP contribution in [0.2, 0.25) is 0 Å². The molecule has 1 aliphatic rings. The zero-order valence-corrected chi connectivity index (χ0v) is 12.7. The second-order valence-electron chi connectivity index (χ2n) is 5.35. The standard InChI is InChI=1S/C14H28N2O3/c1-5-15-14(12-7-8-12,13(17)19-4)11-16(2)9-6-10-18-3/h12,15H,5-11H2,1-4H3. The molecule has 1 unspecified atom stereocenters. The highest BCUT2D eigenvalue weighted by atomic mass is 16.5. The van der Waals surface area contributed by atoms with Crippen molar-refractivity contribution in [2.24, 2.45) is 5.92 Å². The number of nitrogens with one attached hydrogen (secondary N) is 1. The van der Waals surface area contributed by atoms with Gasteiger partial charge in [-0.1, -0.05) is 6.92 Å². The summed E-state index contributed by atoms with van der Waals surface area (Å²) in [7, 11) is 5.23. The van der Waals surface area contributed by atoms with E-state index in [0.717, 1.165) is 39.0 Å². The fourth-order valence-corrected chi connectivity index (χ4v) is 2.69. The maximum Gasteiger partial charge on any atom is 0.327 e. The summed E-state index contributed by atoms with van der Waals surface area (Å²) in [5.74, 6) is 0.278. The van der Waals surface area contributed by atoms with Gasteiger partial charge in [0.1, 0.15) is 5.54 Å². The molecule has 5 nitrogen and oxygen atoms in total. The molecule has 0 amide bonds. The fourth-order valence-electron chi connectivity index (χ4n) is 2.69. The number of nitrogens with zero attached hydrogens (tertiary/aromatic N) is 1. The first-order valence-electron chi connectivity index (χ1n) is 7.11. The molecule has 1 N–H and O–H groups in total. The number of carbonyl (C=O) groups excluding carboxylic acids is 1. The smallest absolute Gasteiger partial charge is 0.327 e. The first-order chi connectivity index (χ1) is 9.10. The Balaban J connectivity index is 2.64. The minimum absolute atomic E-state index is 0.129. The maximum atomic E-state index is 12.2. The van der Waals surface area contributed by atoms with Crippen LogP contribution in [0.1, 0.15) is 26.2 Å². The van der Waals surface area contributed by atoms with Crippen LogP contribution in [-0.2, 0) is 14.3 Å². The molecule has 19 heavy (non-hydrogen) atoms. The molecule has 0 saturated heterocycles. The predicted molar refractivity (Wildman–Crippen MR) is 75.1 cm³/mol. The van der Waals surface area contributed by atoms with Crippen molar-refractivity contribution in [3.63, 3.8) is 0 Å². The fraction of sp³-hybridized carbons (Fsp3) is 0.929. The van der Waals surface area contributed by atoms with Crippen molar-refractivity contribution in [1.82, 2.24) is 10.2 Å². The Morgan fingerprint density at radius 3 is 2.58 bits per heavy atom. The third-order valence-electron chi connectivity index (χ3n) is 3.72. The zero-order chi connectivity index (χ0) is 14.3. The Morgan fingerprint density at radius 1 is 1.42 bits per heavy atom. The monoisotopic (exact) mass is 272 g/mol. The van der Waals surface area contributed by atoms with E-state index in [9.17, 15) is 4.79 Å². The summed E-state index contributed by atoms with van der Waals surface area (Å²) in [6, 6.07) is 0. The molecular weight excluding hydrogens is 244 g/mol. The van der Waals surface area contributed by atoms with Crippen LogP contribution in [0.3, 0.4) is 0 Å². The van der Waals surface area contributed by atoms with Gasteiger partial charge in [-0.15, -0.1) is 0 Å². The van der Waals surface area contributed by atoms with Crippen LogP contribution in [0, 0.1) is 5.92 Å². The number of rotatable bonds is 10. The molecular formula is C14H28N2O3. The summed E-state index contributed by atoms with van der Waals surface area (Å²) in [4.78, 5) is 14.4. The Morgan fingerprint density at radius 2 is 2.11 bits per heavy atom. The quantitative estimate of drug-likeness (QED) is 0.473. The van der Waals surface area contributed by atoms with Crippen LogP contribution >= 0.6 is 0 Å². The van der Waals surface area contributed by atoms with Gasteiger partial charge in [0, 0.05) is 26.8 Å². The lowest BCUT2D eigenvalue weighted by atomic mass is 9.92. The molecule has 1 atom stereocenters. The van der Waals surface area contributed by atoms with E-state index in [4.69, 9.17) is 9.47 Å². The number of ether oxygens (including phenoxy) is 2. The van der Waals surface area contributed by atoms with E-state index in [1.54, 1.807) is 7.11 Å². The Bertz CT molecular complexity index is 282.